The summed E-state index contributed by atoms with van der Waals surface area (Å²) in [6.45, 7) is 0. The van der Waals surface area contributed by atoms with E-state index >= 15 is 0 Å². The molecule has 0 bridgehead atoms. The van der Waals surface area contributed by atoms with Crippen molar-refractivity contribution in [3.8, 4) is 6.07 Å². The maximum Gasteiger partial charge on any atom is 0.205 e. The molecule has 3 heteroatoms. The third kappa shape index (κ3) is 1.43. The van der Waals surface area contributed by atoms with Gasteiger partial charge < -0.3 is 9.47 Å². The van der Waals surface area contributed by atoms with Crippen molar-refractivity contribution in [2.75, 3.05) is 7.11 Å². The molecule has 18 heavy (non-hydrogen) atoms. The molecule has 0 spiro atoms. The lowest BCUT2D eigenvalue weighted by molar-refractivity contribution is 0.239. The number of fused-ring (bicyclic) bond motifs is 2. The summed E-state index contributed by atoms with van der Waals surface area (Å²) >= 11 is 0. The number of rotatable bonds is 1. The summed E-state index contributed by atoms with van der Waals surface area (Å²) in [4.78, 5) is 0. The van der Waals surface area contributed by atoms with Gasteiger partial charge in [-0.05, 0) is 23.4 Å². The first-order chi connectivity index (χ1) is 8.85. The Morgan fingerprint density at radius 3 is 2.78 bits per heavy atom. The zero-order valence-electron chi connectivity index (χ0n) is 9.88. The van der Waals surface area contributed by atoms with Crippen LogP contribution in [0, 0.1) is 11.3 Å². The molecule has 88 valence electrons. The van der Waals surface area contributed by atoms with E-state index < -0.39 is 0 Å². The number of hydrogen-bond acceptors (Lipinski definition) is 3. The van der Waals surface area contributed by atoms with E-state index in [9.17, 15) is 0 Å². The number of nitrogens with zero attached hydrogens (tertiary/aromatic N) is 1. The van der Waals surface area contributed by atoms with Crippen molar-refractivity contribution in [1.82, 2.24) is 0 Å². The second-order valence-electron chi connectivity index (χ2n) is 4.06. The average Bonchev–Trinajstić information content (AvgIpc) is 2.45. The Hall–Kier alpha value is -2.47. The molecule has 0 aromatic heterocycles. The van der Waals surface area contributed by atoms with E-state index in [4.69, 9.17) is 14.7 Å². The first kappa shape index (κ1) is 10.7. The predicted octanol–water partition coefficient (Wildman–Crippen LogP) is 0.968. The Bertz CT molecular complexity index is 720. The minimum absolute atomic E-state index is 0.241. The van der Waals surface area contributed by atoms with Gasteiger partial charge in [0.25, 0.3) is 0 Å². The number of nitriles is 1. The average molecular weight is 237 g/mol. The predicted molar refractivity (Wildman–Crippen MR) is 67.2 cm³/mol. The van der Waals surface area contributed by atoms with E-state index in [1.54, 1.807) is 7.11 Å². The molecule has 3 rings (SSSR count). The lowest BCUT2D eigenvalue weighted by Gasteiger charge is -2.25. The molecule has 0 radical (unpaired) electrons. The van der Waals surface area contributed by atoms with Gasteiger partial charge in [0.1, 0.15) is 17.9 Å². The van der Waals surface area contributed by atoms with Crippen LogP contribution in [-0.2, 0) is 9.47 Å². The fourth-order valence-electron chi connectivity index (χ4n) is 2.33. The molecule has 1 aliphatic carbocycles. The normalized spacial score (nSPS) is 20.2. The molecule has 0 saturated heterocycles. The summed E-state index contributed by atoms with van der Waals surface area (Å²) < 4.78 is 11.1. The van der Waals surface area contributed by atoms with Crippen molar-refractivity contribution in [3.05, 3.63) is 58.7 Å². The van der Waals surface area contributed by atoms with Gasteiger partial charge in [0.2, 0.25) is 5.76 Å². The topological polar surface area (TPSA) is 42.2 Å². The highest BCUT2D eigenvalue weighted by molar-refractivity contribution is 5.74. The minimum Gasteiger partial charge on any atom is -0.496 e. The van der Waals surface area contributed by atoms with E-state index in [0.29, 0.717) is 5.76 Å². The second kappa shape index (κ2) is 4.08. The number of hydrogen-bond donors (Lipinski definition) is 0. The maximum absolute atomic E-state index is 9.16. The van der Waals surface area contributed by atoms with E-state index in [-0.39, 0.29) is 6.10 Å². The van der Waals surface area contributed by atoms with Crippen LogP contribution in [0.2, 0.25) is 0 Å². The molecule has 0 fully saturated rings. The molecular formula is C15H11NO2. The van der Waals surface area contributed by atoms with Crippen molar-refractivity contribution < 1.29 is 9.47 Å². The minimum atomic E-state index is -0.241. The van der Waals surface area contributed by atoms with E-state index in [2.05, 4.69) is 6.07 Å². The molecule has 1 atom stereocenters. The molecule has 0 amide bonds. The fourth-order valence-corrected chi connectivity index (χ4v) is 2.33. The Morgan fingerprint density at radius 2 is 2.06 bits per heavy atom. The summed E-state index contributed by atoms with van der Waals surface area (Å²) in [7, 11) is 1.64. The number of benzene rings is 1. The highest BCUT2D eigenvalue weighted by Gasteiger charge is 2.26. The van der Waals surface area contributed by atoms with Crippen LogP contribution in [0.25, 0.3) is 11.3 Å². The highest BCUT2D eigenvalue weighted by atomic mass is 16.5. The zero-order chi connectivity index (χ0) is 12.5. The van der Waals surface area contributed by atoms with Gasteiger partial charge in [0.05, 0.1) is 7.11 Å². The first-order valence-electron chi connectivity index (χ1n) is 5.68. The summed E-state index contributed by atoms with van der Waals surface area (Å²) in [6.07, 6.45) is 5.47. The Kier molecular flexibility index (Phi) is 2.42. The van der Waals surface area contributed by atoms with Crippen LogP contribution >= 0.6 is 0 Å². The molecule has 0 saturated carbocycles. The van der Waals surface area contributed by atoms with Crippen molar-refractivity contribution in [2.45, 2.75) is 6.10 Å². The number of allylic oxidation sites excluding steroid dienone is 2. The molecule has 1 aromatic carbocycles. The summed E-state index contributed by atoms with van der Waals surface area (Å²) in [5.41, 5.74) is 0.981. The summed E-state index contributed by atoms with van der Waals surface area (Å²) in [5.74, 6) is 1.15. The largest absolute Gasteiger partial charge is 0.496 e. The Labute approximate surface area is 105 Å². The van der Waals surface area contributed by atoms with Gasteiger partial charge in [-0.1, -0.05) is 24.3 Å². The molecule has 3 nitrogen and oxygen atoms in total. The second-order valence-corrected chi connectivity index (χ2v) is 4.06. The molecule has 1 aliphatic heterocycles. The van der Waals surface area contributed by atoms with Gasteiger partial charge in [-0.25, -0.2) is 0 Å². The lowest BCUT2D eigenvalue weighted by atomic mass is 9.96. The lowest BCUT2D eigenvalue weighted by Crippen LogP contribution is -2.39. The van der Waals surface area contributed by atoms with E-state index in [0.717, 1.165) is 21.8 Å². The monoisotopic (exact) mass is 237 g/mol. The van der Waals surface area contributed by atoms with Gasteiger partial charge in [-0.2, -0.15) is 5.26 Å². The van der Waals surface area contributed by atoms with Gasteiger partial charge in [-0.15, -0.1) is 0 Å². The van der Waals surface area contributed by atoms with Gasteiger partial charge in [0.15, 0.2) is 0 Å². The number of ether oxygens (including phenoxy) is 2. The molecule has 0 N–H and O–H groups in total. The summed E-state index contributed by atoms with van der Waals surface area (Å²) in [5, 5.41) is 11.0. The van der Waals surface area contributed by atoms with Gasteiger partial charge in [-0.3, -0.25) is 0 Å². The van der Waals surface area contributed by atoms with Gasteiger partial charge in [0, 0.05) is 10.8 Å². The van der Waals surface area contributed by atoms with Crippen molar-refractivity contribution >= 4 is 11.3 Å². The van der Waals surface area contributed by atoms with E-state index in [1.165, 1.54) is 0 Å². The fraction of sp³-hybridized carbons (Fsp3) is 0.133. The third-order valence-corrected chi connectivity index (χ3v) is 3.11. The van der Waals surface area contributed by atoms with Gasteiger partial charge >= 0.3 is 0 Å². The van der Waals surface area contributed by atoms with Crippen LogP contribution in [0.3, 0.4) is 0 Å². The molecular weight excluding hydrogens is 226 g/mol. The van der Waals surface area contributed by atoms with Crippen LogP contribution < -0.4 is 10.4 Å². The smallest absolute Gasteiger partial charge is 0.205 e. The highest BCUT2D eigenvalue weighted by Crippen LogP contribution is 2.26. The van der Waals surface area contributed by atoms with Crippen LogP contribution in [0.15, 0.2) is 48.3 Å². The van der Waals surface area contributed by atoms with Crippen molar-refractivity contribution in [2.24, 2.45) is 0 Å². The Morgan fingerprint density at radius 1 is 1.28 bits per heavy atom. The maximum atomic E-state index is 9.16. The van der Waals surface area contributed by atoms with Crippen molar-refractivity contribution in [1.29, 1.82) is 5.26 Å². The third-order valence-electron chi connectivity index (χ3n) is 3.11. The van der Waals surface area contributed by atoms with Crippen molar-refractivity contribution in [3.63, 3.8) is 0 Å². The molecule has 1 heterocycles. The first-order valence-corrected chi connectivity index (χ1v) is 5.68. The van der Waals surface area contributed by atoms with Crippen LogP contribution in [0.4, 0.5) is 0 Å². The Balaban J connectivity index is 2.44. The zero-order valence-corrected chi connectivity index (χ0v) is 9.88. The van der Waals surface area contributed by atoms with E-state index in [1.807, 2.05) is 42.5 Å². The summed E-state index contributed by atoms with van der Waals surface area (Å²) in [6, 6.07) is 9.85. The quantitative estimate of drug-likeness (QED) is 0.731. The standard InChI is InChI=1S/C15H11NO2/c1-17-12-7-4-8-13-15(12)11-6-3-2-5-10(11)14(9-16)18-13/h2-8,13H,1H3. The molecule has 2 aliphatic rings. The number of methoxy groups -OCH3 is 1. The van der Waals surface area contributed by atoms with Crippen LogP contribution in [0.5, 0.6) is 0 Å². The molecule has 1 unspecified atom stereocenters. The molecule has 1 aromatic rings. The van der Waals surface area contributed by atoms with Crippen LogP contribution in [0.1, 0.15) is 0 Å². The SMILES string of the molecule is COC1=CC=CC2OC(C#N)=c3ccccc3=C12. The van der Waals surface area contributed by atoms with Crippen LogP contribution in [-0.4, -0.2) is 13.2 Å².